The number of hydrogen-bond donors (Lipinski definition) is 2. The summed E-state index contributed by atoms with van der Waals surface area (Å²) in [5, 5.41) is 11.1. The molecule has 2 rings (SSSR count). The number of benzene rings is 1. The Kier molecular flexibility index (Phi) is 5.69. The molecule has 1 aromatic rings. The summed E-state index contributed by atoms with van der Waals surface area (Å²) in [7, 11) is 0. The number of nitrogens with one attached hydrogen (secondary N) is 1. The molecular formula is C15H16F3NO3S. The third kappa shape index (κ3) is 4.97. The van der Waals surface area contributed by atoms with Crippen LogP contribution in [-0.4, -0.2) is 39.7 Å². The zero-order valence-electron chi connectivity index (χ0n) is 12.0. The van der Waals surface area contributed by atoms with Crippen LogP contribution in [0, 0.1) is 0 Å². The van der Waals surface area contributed by atoms with Gasteiger partial charge in [0, 0.05) is 16.9 Å². The van der Waals surface area contributed by atoms with Gasteiger partial charge in [-0.05, 0) is 19.3 Å². The standard InChI is InChI=1S/C15H16F3NO3S/c16-15(17,18)14(22)19-10-6-7-11(20)12(8-10)23-13(21)9-4-2-1-3-5-9/h1-5,10-12,20H,6-8H2,(H,19,22)/t10-,11-,12-/m1/s1. The second-order valence-electron chi connectivity index (χ2n) is 5.36. The van der Waals surface area contributed by atoms with Crippen LogP contribution in [0.2, 0.25) is 0 Å². The quantitative estimate of drug-likeness (QED) is 0.882. The van der Waals surface area contributed by atoms with Crippen LogP contribution in [0.1, 0.15) is 29.6 Å². The van der Waals surface area contributed by atoms with Crippen molar-refractivity contribution >= 4 is 22.8 Å². The van der Waals surface area contributed by atoms with E-state index >= 15 is 0 Å². The van der Waals surface area contributed by atoms with E-state index in [1.54, 1.807) is 30.3 Å². The molecule has 0 heterocycles. The molecule has 3 atom stereocenters. The lowest BCUT2D eigenvalue weighted by Gasteiger charge is -2.33. The van der Waals surface area contributed by atoms with E-state index < -0.39 is 29.5 Å². The molecule has 23 heavy (non-hydrogen) atoms. The molecule has 126 valence electrons. The van der Waals surface area contributed by atoms with E-state index in [0.29, 0.717) is 5.56 Å². The molecule has 8 heteroatoms. The SMILES string of the molecule is O=C(S[C@@H]1C[C@H](NC(=O)C(F)(F)F)CC[C@H]1O)c1ccccc1. The molecule has 0 aliphatic heterocycles. The van der Waals surface area contributed by atoms with Gasteiger partial charge in [-0.2, -0.15) is 13.2 Å². The molecule has 0 radical (unpaired) electrons. The fraction of sp³-hybridized carbons (Fsp3) is 0.467. The Labute approximate surface area is 135 Å². The molecule has 2 N–H and O–H groups in total. The van der Waals surface area contributed by atoms with Gasteiger partial charge in [0.2, 0.25) is 5.12 Å². The lowest BCUT2D eigenvalue weighted by Crippen LogP contribution is -2.48. The first-order valence-corrected chi connectivity index (χ1v) is 7.97. The van der Waals surface area contributed by atoms with Gasteiger partial charge in [-0.25, -0.2) is 0 Å². The normalized spacial score (nSPS) is 25.0. The number of aliphatic hydroxyl groups is 1. The summed E-state index contributed by atoms with van der Waals surface area (Å²) in [6.07, 6.45) is -5.11. The Balaban J connectivity index is 1.96. The van der Waals surface area contributed by atoms with Gasteiger partial charge < -0.3 is 10.4 Å². The summed E-state index contributed by atoms with van der Waals surface area (Å²) in [4.78, 5) is 23.1. The predicted molar refractivity (Wildman–Crippen MR) is 80.0 cm³/mol. The van der Waals surface area contributed by atoms with Gasteiger partial charge in [0.25, 0.3) is 0 Å². The molecule has 0 unspecified atom stereocenters. The molecule has 0 bridgehead atoms. The molecular weight excluding hydrogens is 331 g/mol. The molecule has 1 aliphatic carbocycles. The number of aliphatic hydroxyl groups excluding tert-OH is 1. The minimum atomic E-state index is -4.93. The maximum atomic E-state index is 12.3. The highest BCUT2D eigenvalue weighted by Crippen LogP contribution is 2.31. The monoisotopic (exact) mass is 347 g/mol. The third-order valence-electron chi connectivity index (χ3n) is 3.62. The summed E-state index contributed by atoms with van der Waals surface area (Å²) in [5.41, 5.74) is 0.464. The number of rotatable bonds is 3. The van der Waals surface area contributed by atoms with Crippen LogP contribution >= 0.6 is 11.8 Å². The highest BCUT2D eigenvalue weighted by atomic mass is 32.2. The molecule has 1 aromatic carbocycles. The van der Waals surface area contributed by atoms with E-state index in [1.807, 2.05) is 5.32 Å². The molecule has 0 aromatic heterocycles. The van der Waals surface area contributed by atoms with Crippen LogP contribution in [0.4, 0.5) is 13.2 Å². The lowest BCUT2D eigenvalue weighted by molar-refractivity contribution is -0.174. The Morgan fingerprint density at radius 3 is 2.43 bits per heavy atom. The average Bonchev–Trinajstić information content (AvgIpc) is 2.50. The van der Waals surface area contributed by atoms with Crippen molar-refractivity contribution in [2.24, 2.45) is 0 Å². The van der Waals surface area contributed by atoms with Crippen LogP contribution in [0.5, 0.6) is 0 Å². The Morgan fingerprint density at radius 1 is 1.17 bits per heavy atom. The van der Waals surface area contributed by atoms with Gasteiger partial charge in [0.15, 0.2) is 0 Å². The van der Waals surface area contributed by atoms with Gasteiger partial charge >= 0.3 is 12.1 Å². The average molecular weight is 347 g/mol. The van der Waals surface area contributed by atoms with Crippen LogP contribution in [0.15, 0.2) is 30.3 Å². The lowest BCUT2D eigenvalue weighted by atomic mass is 9.92. The van der Waals surface area contributed by atoms with Crippen molar-refractivity contribution in [3.8, 4) is 0 Å². The number of hydrogen-bond acceptors (Lipinski definition) is 4. The van der Waals surface area contributed by atoms with Crippen LogP contribution in [0.25, 0.3) is 0 Å². The van der Waals surface area contributed by atoms with Crippen molar-refractivity contribution in [3.63, 3.8) is 0 Å². The van der Waals surface area contributed by atoms with E-state index in [9.17, 15) is 27.9 Å². The maximum absolute atomic E-state index is 12.3. The molecule has 4 nitrogen and oxygen atoms in total. The largest absolute Gasteiger partial charge is 0.471 e. The fourth-order valence-corrected chi connectivity index (χ4v) is 3.59. The fourth-order valence-electron chi connectivity index (χ4n) is 2.42. The van der Waals surface area contributed by atoms with Gasteiger partial charge in [0.05, 0.1) is 6.10 Å². The Morgan fingerprint density at radius 2 is 1.83 bits per heavy atom. The van der Waals surface area contributed by atoms with Crippen molar-refractivity contribution in [3.05, 3.63) is 35.9 Å². The van der Waals surface area contributed by atoms with Crippen LogP contribution in [0.3, 0.4) is 0 Å². The second kappa shape index (κ2) is 7.35. The van der Waals surface area contributed by atoms with Gasteiger partial charge in [-0.1, -0.05) is 42.1 Å². The van der Waals surface area contributed by atoms with Crippen LogP contribution < -0.4 is 5.32 Å². The highest BCUT2D eigenvalue weighted by Gasteiger charge is 2.41. The molecule has 1 saturated carbocycles. The third-order valence-corrected chi connectivity index (χ3v) is 4.88. The van der Waals surface area contributed by atoms with Crippen molar-refractivity contribution in [1.82, 2.24) is 5.32 Å². The number of amides is 1. The number of thioether (sulfide) groups is 1. The number of halogens is 3. The summed E-state index contributed by atoms with van der Waals surface area (Å²) < 4.78 is 36.9. The van der Waals surface area contributed by atoms with E-state index in [4.69, 9.17) is 0 Å². The van der Waals surface area contributed by atoms with Crippen molar-refractivity contribution in [2.75, 3.05) is 0 Å². The molecule has 0 spiro atoms. The number of carbonyl (C=O) groups is 2. The van der Waals surface area contributed by atoms with Crippen molar-refractivity contribution in [1.29, 1.82) is 0 Å². The Hall–Kier alpha value is -1.54. The first-order valence-electron chi connectivity index (χ1n) is 7.09. The topological polar surface area (TPSA) is 66.4 Å². The zero-order valence-corrected chi connectivity index (χ0v) is 12.9. The van der Waals surface area contributed by atoms with E-state index in [0.717, 1.165) is 11.8 Å². The summed E-state index contributed by atoms with van der Waals surface area (Å²) in [6.45, 7) is 0. The van der Waals surface area contributed by atoms with Gasteiger partial charge in [-0.15, -0.1) is 0 Å². The summed E-state index contributed by atoms with van der Waals surface area (Å²) in [6, 6.07) is 7.74. The first kappa shape index (κ1) is 17.8. The maximum Gasteiger partial charge on any atom is 0.471 e. The molecule has 1 fully saturated rings. The van der Waals surface area contributed by atoms with Crippen molar-refractivity contribution < 1.29 is 27.9 Å². The minimum Gasteiger partial charge on any atom is -0.392 e. The van der Waals surface area contributed by atoms with E-state index in [2.05, 4.69) is 0 Å². The Bertz CT molecular complexity index is 565. The van der Waals surface area contributed by atoms with Gasteiger partial charge in [-0.3, -0.25) is 9.59 Å². The number of carbonyl (C=O) groups excluding carboxylic acids is 2. The highest BCUT2D eigenvalue weighted by molar-refractivity contribution is 8.14. The van der Waals surface area contributed by atoms with Crippen LogP contribution in [-0.2, 0) is 4.79 Å². The summed E-state index contributed by atoms with van der Waals surface area (Å²) in [5.74, 6) is -1.99. The first-order chi connectivity index (χ1) is 10.8. The van der Waals surface area contributed by atoms with E-state index in [1.165, 1.54) is 0 Å². The predicted octanol–water partition coefficient (Wildman–Crippen LogP) is 2.52. The zero-order chi connectivity index (χ0) is 17.0. The smallest absolute Gasteiger partial charge is 0.392 e. The molecule has 1 amide bonds. The van der Waals surface area contributed by atoms with Crippen molar-refractivity contribution in [2.45, 2.75) is 42.8 Å². The second-order valence-corrected chi connectivity index (χ2v) is 6.57. The minimum absolute atomic E-state index is 0.117. The molecule has 0 saturated heterocycles. The van der Waals surface area contributed by atoms with Gasteiger partial charge in [0.1, 0.15) is 0 Å². The van der Waals surface area contributed by atoms with E-state index in [-0.39, 0.29) is 24.4 Å². The number of alkyl halides is 3. The molecule has 1 aliphatic rings. The summed E-state index contributed by atoms with van der Waals surface area (Å²) >= 11 is 0.899.